The molecule has 0 aliphatic rings. The number of hydrogen-bond acceptors (Lipinski definition) is 4. The SMILES string of the molecule is COc1ccc(CNC(=O)CN(C(C)=O)c2ccccc2C(C)(C)C)cc1OC. The lowest BCUT2D eigenvalue weighted by Crippen LogP contribution is -2.40. The Kier molecular flexibility index (Phi) is 7.26. The number of methoxy groups -OCH3 is 2. The fraction of sp³-hybridized carbons (Fsp3) is 0.391. The lowest BCUT2D eigenvalue weighted by Gasteiger charge is -2.29. The van der Waals surface area contributed by atoms with Gasteiger partial charge in [0.25, 0.3) is 0 Å². The number of nitrogens with zero attached hydrogens (tertiary/aromatic N) is 1. The van der Waals surface area contributed by atoms with Crippen molar-refractivity contribution < 1.29 is 19.1 Å². The largest absolute Gasteiger partial charge is 0.493 e. The molecule has 2 amide bonds. The van der Waals surface area contributed by atoms with Crippen LogP contribution in [0.15, 0.2) is 42.5 Å². The molecule has 2 aromatic rings. The third-order valence-corrected chi connectivity index (χ3v) is 4.62. The Labute approximate surface area is 172 Å². The minimum Gasteiger partial charge on any atom is -0.493 e. The summed E-state index contributed by atoms with van der Waals surface area (Å²) < 4.78 is 10.5. The summed E-state index contributed by atoms with van der Waals surface area (Å²) >= 11 is 0. The van der Waals surface area contributed by atoms with E-state index in [4.69, 9.17) is 9.47 Å². The number of carbonyl (C=O) groups excluding carboxylic acids is 2. The predicted octanol–water partition coefficient (Wildman–Crippen LogP) is 3.67. The molecule has 0 aliphatic carbocycles. The summed E-state index contributed by atoms with van der Waals surface area (Å²) in [4.78, 5) is 26.4. The molecule has 0 fully saturated rings. The highest BCUT2D eigenvalue weighted by Crippen LogP contribution is 2.32. The van der Waals surface area contributed by atoms with Crippen molar-refractivity contribution in [1.29, 1.82) is 0 Å². The summed E-state index contributed by atoms with van der Waals surface area (Å²) in [6.07, 6.45) is 0. The summed E-state index contributed by atoms with van der Waals surface area (Å²) in [5.74, 6) is 0.814. The number of ether oxygens (including phenoxy) is 2. The Hall–Kier alpha value is -3.02. The van der Waals surface area contributed by atoms with Gasteiger partial charge in [0, 0.05) is 19.2 Å². The standard InChI is InChI=1S/C23H30N2O4/c1-16(26)25(19-10-8-7-9-18(19)23(2,3)4)15-22(27)24-14-17-11-12-20(28-5)21(13-17)29-6/h7-13H,14-15H2,1-6H3,(H,24,27). The van der Waals surface area contributed by atoms with Gasteiger partial charge in [-0.1, -0.05) is 45.0 Å². The summed E-state index contributed by atoms with van der Waals surface area (Å²) in [6, 6.07) is 13.2. The van der Waals surface area contributed by atoms with Gasteiger partial charge in [0.05, 0.1) is 14.2 Å². The third kappa shape index (κ3) is 5.73. The quantitative estimate of drug-likeness (QED) is 0.773. The highest BCUT2D eigenvalue weighted by molar-refractivity contribution is 5.98. The van der Waals surface area contributed by atoms with Crippen LogP contribution in [0.2, 0.25) is 0 Å². The number of hydrogen-bond donors (Lipinski definition) is 1. The Morgan fingerprint density at radius 3 is 2.24 bits per heavy atom. The van der Waals surface area contributed by atoms with Gasteiger partial charge in [0.2, 0.25) is 11.8 Å². The highest BCUT2D eigenvalue weighted by Gasteiger charge is 2.24. The maximum atomic E-state index is 12.6. The number of rotatable bonds is 7. The van der Waals surface area contributed by atoms with Crippen molar-refractivity contribution in [2.75, 3.05) is 25.7 Å². The molecule has 0 spiro atoms. The first-order chi connectivity index (χ1) is 13.7. The van der Waals surface area contributed by atoms with Crippen LogP contribution in [-0.4, -0.2) is 32.6 Å². The van der Waals surface area contributed by atoms with Crippen LogP contribution in [0.1, 0.15) is 38.8 Å². The van der Waals surface area contributed by atoms with Gasteiger partial charge < -0.3 is 19.7 Å². The van der Waals surface area contributed by atoms with Crippen LogP contribution in [0.25, 0.3) is 0 Å². The van der Waals surface area contributed by atoms with Gasteiger partial charge in [-0.05, 0) is 34.7 Å². The molecule has 0 aliphatic heterocycles. The molecule has 0 radical (unpaired) electrons. The van der Waals surface area contributed by atoms with Crippen LogP contribution < -0.4 is 19.7 Å². The van der Waals surface area contributed by atoms with E-state index in [2.05, 4.69) is 26.1 Å². The van der Waals surface area contributed by atoms with Crippen LogP contribution in [0, 0.1) is 0 Å². The van der Waals surface area contributed by atoms with Crippen molar-refractivity contribution >= 4 is 17.5 Å². The number of para-hydroxylation sites is 1. The molecule has 0 aromatic heterocycles. The van der Waals surface area contributed by atoms with E-state index in [-0.39, 0.29) is 23.8 Å². The van der Waals surface area contributed by atoms with E-state index in [9.17, 15) is 9.59 Å². The van der Waals surface area contributed by atoms with Gasteiger partial charge in [-0.15, -0.1) is 0 Å². The first-order valence-corrected chi connectivity index (χ1v) is 9.52. The predicted molar refractivity (Wildman–Crippen MR) is 115 cm³/mol. The summed E-state index contributed by atoms with van der Waals surface area (Å²) in [5, 5.41) is 2.87. The maximum Gasteiger partial charge on any atom is 0.240 e. The molecular formula is C23H30N2O4. The van der Waals surface area contributed by atoms with Crippen molar-refractivity contribution in [2.24, 2.45) is 0 Å². The average molecular weight is 399 g/mol. The number of anilines is 1. The van der Waals surface area contributed by atoms with Gasteiger partial charge in [-0.2, -0.15) is 0 Å². The molecule has 0 saturated carbocycles. The summed E-state index contributed by atoms with van der Waals surface area (Å²) in [5.41, 5.74) is 2.50. The van der Waals surface area contributed by atoms with E-state index >= 15 is 0 Å². The molecule has 0 heterocycles. The molecule has 0 bridgehead atoms. The molecule has 1 N–H and O–H groups in total. The molecule has 2 aromatic carbocycles. The number of benzene rings is 2. The highest BCUT2D eigenvalue weighted by atomic mass is 16.5. The average Bonchev–Trinajstić information content (AvgIpc) is 2.69. The van der Waals surface area contributed by atoms with Crippen molar-refractivity contribution in [3.05, 3.63) is 53.6 Å². The summed E-state index contributed by atoms with van der Waals surface area (Å²) in [7, 11) is 3.14. The van der Waals surface area contributed by atoms with E-state index in [1.807, 2.05) is 36.4 Å². The van der Waals surface area contributed by atoms with Gasteiger partial charge in [-0.25, -0.2) is 0 Å². The molecule has 6 nitrogen and oxygen atoms in total. The van der Waals surface area contributed by atoms with Crippen molar-refractivity contribution in [1.82, 2.24) is 5.32 Å². The molecule has 6 heteroatoms. The first-order valence-electron chi connectivity index (χ1n) is 9.52. The molecule has 0 atom stereocenters. The molecule has 2 rings (SSSR count). The lowest BCUT2D eigenvalue weighted by molar-refractivity contribution is -0.123. The third-order valence-electron chi connectivity index (χ3n) is 4.62. The monoisotopic (exact) mass is 398 g/mol. The Bertz CT molecular complexity index is 871. The molecular weight excluding hydrogens is 368 g/mol. The molecule has 156 valence electrons. The first kappa shape index (κ1) is 22.3. The topological polar surface area (TPSA) is 67.9 Å². The molecule has 0 unspecified atom stereocenters. The fourth-order valence-electron chi connectivity index (χ4n) is 3.10. The van der Waals surface area contributed by atoms with Crippen LogP contribution in [0.4, 0.5) is 5.69 Å². The maximum absolute atomic E-state index is 12.6. The van der Waals surface area contributed by atoms with Crippen LogP contribution >= 0.6 is 0 Å². The number of nitrogens with one attached hydrogen (secondary N) is 1. The fourth-order valence-corrected chi connectivity index (χ4v) is 3.10. The van der Waals surface area contributed by atoms with Crippen LogP contribution in [0.5, 0.6) is 11.5 Å². The van der Waals surface area contributed by atoms with Crippen molar-refractivity contribution in [3.8, 4) is 11.5 Å². The number of carbonyl (C=O) groups is 2. The van der Waals surface area contributed by atoms with Crippen LogP contribution in [0.3, 0.4) is 0 Å². The van der Waals surface area contributed by atoms with Gasteiger partial charge in [0.15, 0.2) is 11.5 Å². The minimum atomic E-state index is -0.237. The van der Waals surface area contributed by atoms with Gasteiger partial charge in [-0.3, -0.25) is 9.59 Å². The van der Waals surface area contributed by atoms with Crippen molar-refractivity contribution in [2.45, 2.75) is 39.7 Å². The number of amides is 2. The summed E-state index contributed by atoms with van der Waals surface area (Å²) in [6.45, 7) is 8.01. The minimum absolute atomic E-state index is 0.0459. The van der Waals surface area contributed by atoms with Crippen LogP contribution in [-0.2, 0) is 21.5 Å². The zero-order valence-electron chi connectivity index (χ0n) is 18.0. The second-order valence-electron chi connectivity index (χ2n) is 7.84. The van der Waals surface area contributed by atoms with Gasteiger partial charge in [0.1, 0.15) is 6.54 Å². The van der Waals surface area contributed by atoms with E-state index in [1.165, 1.54) is 11.8 Å². The van der Waals surface area contributed by atoms with Crippen molar-refractivity contribution in [3.63, 3.8) is 0 Å². The molecule has 0 saturated heterocycles. The Morgan fingerprint density at radius 2 is 1.66 bits per heavy atom. The van der Waals surface area contributed by atoms with E-state index in [0.717, 1.165) is 16.8 Å². The smallest absolute Gasteiger partial charge is 0.240 e. The second kappa shape index (κ2) is 9.45. The van der Waals surface area contributed by atoms with Gasteiger partial charge >= 0.3 is 0 Å². The van der Waals surface area contributed by atoms with E-state index < -0.39 is 0 Å². The zero-order chi connectivity index (χ0) is 21.6. The lowest BCUT2D eigenvalue weighted by atomic mass is 9.85. The van der Waals surface area contributed by atoms with E-state index in [0.29, 0.717) is 18.0 Å². The van der Waals surface area contributed by atoms with E-state index in [1.54, 1.807) is 20.3 Å². The Morgan fingerprint density at radius 1 is 1.00 bits per heavy atom. The Balaban J connectivity index is 2.13. The normalized spacial score (nSPS) is 11.0. The molecule has 29 heavy (non-hydrogen) atoms. The second-order valence-corrected chi connectivity index (χ2v) is 7.84. The zero-order valence-corrected chi connectivity index (χ0v) is 18.0.